The number of benzene rings is 2. The normalized spacial score (nSPS) is 20.9. The number of methoxy groups -OCH3 is 1. The number of carbonyl (C=O) groups excluding carboxylic acids is 1. The standard InChI is InChI=1S/C17H17NO3/c1-20-14-9-7-13(8-10-14)18-15-11-16(21-17(15)19)12-5-3-2-4-6-12/h2-10,15-16,18H,11H2,1H3/t15-,16?/m1/s1. The highest BCUT2D eigenvalue weighted by Crippen LogP contribution is 2.31. The molecule has 21 heavy (non-hydrogen) atoms. The first-order valence-electron chi connectivity index (χ1n) is 6.92. The van der Waals surface area contributed by atoms with Gasteiger partial charge in [0.1, 0.15) is 17.9 Å². The first kappa shape index (κ1) is 13.5. The van der Waals surface area contributed by atoms with Crippen LogP contribution in [-0.4, -0.2) is 19.1 Å². The highest BCUT2D eigenvalue weighted by molar-refractivity contribution is 5.81. The quantitative estimate of drug-likeness (QED) is 0.876. The van der Waals surface area contributed by atoms with Gasteiger partial charge in [0.2, 0.25) is 0 Å². The van der Waals surface area contributed by atoms with Crippen molar-refractivity contribution in [1.82, 2.24) is 0 Å². The molecule has 108 valence electrons. The van der Waals surface area contributed by atoms with Crippen LogP contribution in [-0.2, 0) is 9.53 Å². The van der Waals surface area contributed by atoms with Gasteiger partial charge in [-0.25, -0.2) is 4.79 Å². The Balaban J connectivity index is 1.67. The minimum Gasteiger partial charge on any atom is -0.497 e. The molecule has 1 unspecified atom stereocenters. The van der Waals surface area contributed by atoms with E-state index in [1.165, 1.54) is 0 Å². The van der Waals surface area contributed by atoms with Crippen molar-refractivity contribution < 1.29 is 14.3 Å². The van der Waals surface area contributed by atoms with Gasteiger partial charge in [-0.15, -0.1) is 0 Å². The Morgan fingerprint density at radius 2 is 1.81 bits per heavy atom. The van der Waals surface area contributed by atoms with Crippen LogP contribution >= 0.6 is 0 Å². The largest absolute Gasteiger partial charge is 0.497 e. The number of carbonyl (C=O) groups is 1. The van der Waals surface area contributed by atoms with Crippen LogP contribution in [0, 0.1) is 0 Å². The molecule has 1 fully saturated rings. The number of anilines is 1. The van der Waals surface area contributed by atoms with Crippen LogP contribution in [0.3, 0.4) is 0 Å². The molecule has 1 aliphatic rings. The molecular weight excluding hydrogens is 266 g/mol. The van der Waals surface area contributed by atoms with Crippen LogP contribution in [0.15, 0.2) is 54.6 Å². The lowest BCUT2D eigenvalue weighted by atomic mass is 10.0. The summed E-state index contributed by atoms with van der Waals surface area (Å²) in [6.45, 7) is 0. The maximum absolute atomic E-state index is 12.0. The number of nitrogens with one attached hydrogen (secondary N) is 1. The summed E-state index contributed by atoms with van der Waals surface area (Å²) in [5.74, 6) is 0.580. The average molecular weight is 283 g/mol. The number of rotatable bonds is 4. The van der Waals surface area contributed by atoms with Crippen molar-refractivity contribution in [3.63, 3.8) is 0 Å². The Hall–Kier alpha value is -2.49. The summed E-state index contributed by atoms with van der Waals surface area (Å²) in [4.78, 5) is 12.0. The second-order valence-corrected chi connectivity index (χ2v) is 5.00. The molecule has 0 amide bonds. The minimum atomic E-state index is -0.316. The van der Waals surface area contributed by atoms with E-state index in [1.54, 1.807) is 7.11 Å². The van der Waals surface area contributed by atoms with E-state index in [0.717, 1.165) is 17.0 Å². The third kappa shape index (κ3) is 2.99. The van der Waals surface area contributed by atoms with E-state index in [1.807, 2.05) is 54.6 Å². The second-order valence-electron chi connectivity index (χ2n) is 5.00. The molecule has 1 N–H and O–H groups in total. The van der Waals surface area contributed by atoms with Gasteiger partial charge in [-0.3, -0.25) is 0 Å². The lowest BCUT2D eigenvalue weighted by Crippen LogP contribution is -2.24. The summed E-state index contributed by atoms with van der Waals surface area (Å²) >= 11 is 0. The molecule has 2 atom stereocenters. The van der Waals surface area contributed by atoms with Gasteiger partial charge in [-0.05, 0) is 29.8 Å². The molecular formula is C17H17NO3. The van der Waals surface area contributed by atoms with Crippen LogP contribution in [0.25, 0.3) is 0 Å². The van der Waals surface area contributed by atoms with E-state index >= 15 is 0 Å². The summed E-state index contributed by atoms with van der Waals surface area (Å²) in [6, 6.07) is 17.0. The van der Waals surface area contributed by atoms with Gasteiger partial charge >= 0.3 is 5.97 Å². The van der Waals surface area contributed by atoms with Gasteiger partial charge in [0.15, 0.2) is 0 Å². The zero-order valence-corrected chi connectivity index (χ0v) is 11.8. The first-order valence-corrected chi connectivity index (χ1v) is 6.92. The van der Waals surface area contributed by atoms with Crippen molar-refractivity contribution in [2.24, 2.45) is 0 Å². The third-order valence-electron chi connectivity index (χ3n) is 3.59. The Labute approximate surface area is 123 Å². The zero-order valence-electron chi connectivity index (χ0n) is 11.8. The number of esters is 1. The van der Waals surface area contributed by atoms with E-state index in [-0.39, 0.29) is 18.1 Å². The molecule has 4 heteroatoms. The molecule has 2 aromatic rings. The first-order chi connectivity index (χ1) is 10.3. The smallest absolute Gasteiger partial charge is 0.329 e. The molecule has 0 bridgehead atoms. The van der Waals surface area contributed by atoms with Crippen molar-refractivity contribution in [2.45, 2.75) is 18.6 Å². The summed E-state index contributed by atoms with van der Waals surface area (Å²) in [7, 11) is 1.63. The van der Waals surface area contributed by atoms with Crippen LogP contribution < -0.4 is 10.1 Å². The van der Waals surface area contributed by atoms with Crippen LogP contribution in [0.5, 0.6) is 5.75 Å². The maximum atomic E-state index is 12.0. The second kappa shape index (κ2) is 5.87. The van der Waals surface area contributed by atoms with Crippen LogP contribution in [0.2, 0.25) is 0 Å². The summed E-state index contributed by atoms with van der Waals surface area (Å²) in [5, 5.41) is 3.21. The summed E-state index contributed by atoms with van der Waals surface area (Å²) in [5.41, 5.74) is 1.91. The van der Waals surface area contributed by atoms with Gasteiger partial charge in [0.05, 0.1) is 7.11 Å². The van der Waals surface area contributed by atoms with Gasteiger partial charge in [0, 0.05) is 12.1 Å². The molecule has 1 saturated heterocycles. The lowest BCUT2D eigenvalue weighted by Gasteiger charge is -2.11. The monoisotopic (exact) mass is 283 g/mol. The molecule has 4 nitrogen and oxygen atoms in total. The van der Waals surface area contributed by atoms with Crippen molar-refractivity contribution in [3.8, 4) is 5.75 Å². The average Bonchev–Trinajstić information content (AvgIpc) is 2.90. The highest BCUT2D eigenvalue weighted by atomic mass is 16.6. The molecule has 2 aromatic carbocycles. The van der Waals surface area contributed by atoms with Crippen LogP contribution in [0.4, 0.5) is 5.69 Å². The van der Waals surface area contributed by atoms with Crippen molar-refractivity contribution in [1.29, 1.82) is 0 Å². The predicted molar refractivity (Wildman–Crippen MR) is 80.3 cm³/mol. The Morgan fingerprint density at radius 3 is 2.48 bits per heavy atom. The van der Waals surface area contributed by atoms with Crippen molar-refractivity contribution in [3.05, 3.63) is 60.2 Å². The summed E-state index contributed by atoms with van der Waals surface area (Å²) in [6.07, 6.45) is 0.462. The third-order valence-corrected chi connectivity index (χ3v) is 3.59. The number of ether oxygens (including phenoxy) is 2. The van der Waals surface area contributed by atoms with Gasteiger partial charge in [0.25, 0.3) is 0 Å². The molecule has 0 aromatic heterocycles. The molecule has 0 aliphatic carbocycles. The maximum Gasteiger partial charge on any atom is 0.329 e. The molecule has 1 aliphatic heterocycles. The number of hydrogen-bond donors (Lipinski definition) is 1. The van der Waals surface area contributed by atoms with E-state index in [9.17, 15) is 4.79 Å². The predicted octanol–water partition coefficient (Wildman–Crippen LogP) is 3.16. The topological polar surface area (TPSA) is 47.6 Å². The number of cyclic esters (lactones) is 1. The molecule has 0 spiro atoms. The molecule has 1 heterocycles. The Morgan fingerprint density at radius 1 is 1.10 bits per heavy atom. The molecule has 0 radical (unpaired) electrons. The SMILES string of the molecule is COc1ccc(N[C@@H]2CC(c3ccccc3)OC2=O)cc1. The van der Waals surface area contributed by atoms with E-state index in [4.69, 9.17) is 9.47 Å². The van der Waals surface area contributed by atoms with Crippen molar-refractivity contribution >= 4 is 11.7 Å². The summed E-state index contributed by atoms with van der Waals surface area (Å²) < 4.78 is 10.6. The van der Waals surface area contributed by atoms with Crippen LogP contribution in [0.1, 0.15) is 18.1 Å². The fraction of sp³-hybridized carbons (Fsp3) is 0.235. The van der Waals surface area contributed by atoms with Gasteiger partial charge in [-0.2, -0.15) is 0 Å². The Kier molecular flexibility index (Phi) is 3.77. The number of hydrogen-bond acceptors (Lipinski definition) is 4. The van der Waals surface area contributed by atoms with E-state index < -0.39 is 0 Å². The van der Waals surface area contributed by atoms with Gasteiger partial charge < -0.3 is 14.8 Å². The van der Waals surface area contributed by atoms with Gasteiger partial charge in [-0.1, -0.05) is 30.3 Å². The highest BCUT2D eigenvalue weighted by Gasteiger charge is 2.35. The van der Waals surface area contributed by atoms with E-state index in [2.05, 4.69) is 5.32 Å². The molecule has 3 rings (SSSR count). The minimum absolute atomic E-state index is 0.172. The zero-order chi connectivity index (χ0) is 14.7. The fourth-order valence-electron chi connectivity index (χ4n) is 2.46. The lowest BCUT2D eigenvalue weighted by molar-refractivity contribution is -0.142. The molecule has 0 saturated carbocycles. The Bertz CT molecular complexity index is 610. The van der Waals surface area contributed by atoms with Crippen molar-refractivity contribution in [2.75, 3.05) is 12.4 Å². The fourth-order valence-corrected chi connectivity index (χ4v) is 2.46. The van der Waals surface area contributed by atoms with E-state index in [0.29, 0.717) is 6.42 Å².